The number of ether oxygens (including phenoxy) is 1. The highest BCUT2D eigenvalue weighted by atomic mass is 35.5. The number of carbonyl (C=O) groups is 1. The van der Waals surface area contributed by atoms with Gasteiger partial charge < -0.3 is 10.1 Å². The van der Waals surface area contributed by atoms with Crippen LogP contribution in [0.2, 0.25) is 5.02 Å². The van der Waals surface area contributed by atoms with E-state index in [1.807, 2.05) is 0 Å². The summed E-state index contributed by atoms with van der Waals surface area (Å²) in [4.78, 5) is 16.0. The van der Waals surface area contributed by atoms with Crippen LogP contribution >= 0.6 is 11.6 Å². The minimum Gasteiger partial charge on any atom is -0.497 e. The zero-order valence-electron chi connectivity index (χ0n) is 14.5. The maximum absolute atomic E-state index is 13.3. The second-order valence-corrected chi connectivity index (χ2v) is 6.14. The third kappa shape index (κ3) is 4.42. The summed E-state index contributed by atoms with van der Waals surface area (Å²) in [5.74, 6) is -0.211. The molecule has 0 saturated carbocycles. The number of hydrogen-bond acceptors (Lipinski definition) is 4. The number of carbonyl (C=O) groups excluding carboxylic acids is 1. The topological polar surface area (TPSA) is 69.0 Å². The van der Waals surface area contributed by atoms with Gasteiger partial charge in [0.05, 0.1) is 29.8 Å². The molecule has 146 valence electrons. The lowest BCUT2D eigenvalue weighted by Crippen LogP contribution is -2.14. The predicted molar refractivity (Wildman–Crippen MR) is 96.5 cm³/mol. The fourth-order valence-electron chi connectivity index (χ4n) is 2.52. The Labute approximate surface area is 162 Å². The van der Waals surface area contributed by atoms with E-state index < -0.39 is 17.6 Å². The molecule has 0 atom stereocenters. The zero-order chi connectivity index (χ0) is 20.3. The van der Waals surface area contributed by atoms with Crippen LogP contribution in [0, 0.1) is 0 Å². The van der Waals surface area contributed by atoms with Crippen molar-refractivity contribution in [1.29, 1.82) is 0 Å². The molecule has 2 aromatic heterocycles. The molecular weight excluding hydrogens is 397 g/mol. The van der Waals surface area contributed by atoms with Crippen LogP contribution in [0.5, 0.6) is 5.75 Å². The van der Waals surface area contributed by atoms with E-state index in [9.17, 15) is 18.0 Å². The highest BCUT2D eigenvalue weighted by molar-refractivity contribution is 6.34. The summed E-state index contributed by atoms with van der Waals surface area (Å²) < 4.78 is 46.1. The van der Waals surface area contributed by atoms with Gasteiger partial charge in [-0.15, -0.1) is 0 Å². The van der Waals surface area contributed by atoms with E-state index in [-0.39, 0.29) is 34.3 Å². The third-order valence-electron chi connectivity index (χ3n) is 3.85. The summed E-state index contributed by atoms with van der Waals surface area (Å²) in [5.41, 5.74) is -0.580. The number of nitrogens with zero attached hydrogens (tertiary/aromatic N) is 3. The lowest BCUT2D eigenvalue weighted by atomic mass is 10.1. The normalized spacial score (nSPS) is 11.3. The van der Waals surface area contributed by atoms with Crippen molar-refractivity contribution in [2.24, 2.45) is 0 Å². The van der Waals surface area contributed by atoms with Gasteiger partial charge in [0.1, 0.15) is 5.75 Å². The van der Waals surface area contributed by atoms with Gasteiger partial charge in [0.2, 0.25) is 0 Å². The van der Waals surface area contributed by atoms with Crippen molar-refractivity contribution in [1.82, 2.24) is 14.8 Å². The van der Waals surface area contributed by atoms with Crippen LogP contribution in [0.25, 0.3) is 0 Å². The number of methoxy groups -OCH3 is 1. The molecule has 0 spiro atoms. The largest absolute Gasteiger partial charge is 0.497 e. The van der Waals surface area contributed by atoms with Crippen LogP contribution in [0.3, 0.4) is 0 Å². The van der Waals surface area contributed by atoms with Crippen LogP contribution in [0.15, 0.2) is 48.9 Å². The monoisotopic (exact) mass is 410 g/mol. The van der Waals surface area contributed by atoms with Crippen molar-refractivity contribution in [2.75, 3.05) is 12.4 Å². The van der Waals surface area contributed by atoms with Crippen molar-refractivity contribution < 1.29 is 22.7 Å². The van der Waals surface area contributed by atoms with Gasteiger partial charge in [0.15, 0.2) is 5.82 Å². The summed E-state index contributed by atoms with van der Waals surface area (Å²) in [6, 6.07) is 6.64. The van der Waals surface area contributed by atoms with Crippen LogP contribution in [0.1, 0.15) is 21.5 Å². The zero-order valence-corrected chi connectivity index (χ0v) is 15.3. The Morgan fingerprint density at radius 3 is 2.75 bits per heavy atom. The number of benzene rings is 1. The third-order valence-corrected chi connectivity index (χ3v) is 4.16. The minimum atomic E-state index is -4.54. The first kappa shape index (κ1) is 19.7. The van der Waals surface area contributed by atoms with E-state index in [4.69, 9.17) is 16.3 Å². The Morgan fingerprint density at radius 1 is 1.29 bits per heavy atom. The molecule has 10 heteroatoms. The van der Waals surface area contributed by atoms with E-state index in [1.165, 1.54) is 54.6 Å². The average Bonchev–Trinajstić information content (AvgIpc) is 3.08. The van der Waals surface area contributed by atoms with Gasteiger partial charge in [-0.05, 0) is 23.8 Å². The van der Waals surface area contributed by atoms with Crippen molar-refractivity contribution in [3.63, 3.8) is 0 Å². The van der Waals surface area contributed by atoms with Crippen LogP contribution in [-0.4, -0.2) is 27.8 Å². The van der Waals surface area contributed by atoms with Crippen molar-refractivity contribution >= 4 is 23.3 Å². The van der Waals surface area contributed by atoms with Crippen molar-refractivity contribution in [2.45, 2.75) is 12.7 Å². The Hall–Kier alpha value is -3.07. The molecule has 3 aromatic rings. The number of pyridine rings is 1. The van der Waals surface area contributed by atoms with Crippen LogP contribution in [0.4, 0.5) is 19.0 Å². The summed E-state index contributed by atoms with van der Waals surface area (Å²) in [5, 5.41) is 6.81. The molecule has 6 nitrogen and oxygen atoms in total. The number of anilines is 1. The van der Waals surface area contributed by atoms with E-state index >= 15 is 0 Å². The molecule has 0 saturated heterocycles. The van der Waals surface area contributed by atoms with Crippen molar-refractivity contribution in [3.05, 3.63) is 70.6 Å². The fourth-order valence-corrected chi connectivity index (χ4v) is 2.72. The summed E-state index contributed by atoms with van der Waals surface area (Å²) >= 11 is 5.92. The van der Waals surface area contributed by atoms with E-state index in [1.54, 1.807) is 0 Å². The first-order chi connectivity index (χ1) is 13.3. The lowest BCUT2D eigenvalue weighted by Gasteiger charge is -2.14. The van der Waals surface area contributed by atoms with Gasteiger partial charge in [0, 0.05) is 24.7 Å². The molecule has 2 heterocycles. The van der Waals surface area contributed by atoms with Gasteiger partial charge in [-0.25, -0.2) is 0 Å². The number of halogens is 4. The quantitative estimate of drug-likeness (QED) is 0.682. The smallest absolute Gasteiger partial charge is 0.416 e. The molecule has 3 rings (SSSR count). The summed E-state index contributed by atoms with van der Waals surface area (Å²) in [6.07, 6.45) is -0.320. The Balaban J connectivity index is 1.78. The average molecular weight is 411 g/mol. The summed E-state index contributed by atoms with van der Waals surface area (Å²) in [6.45, 7) is -0.134. The molecule has 0 aliphatic heterocycles. The maximum atomic E-state index is 13.3. The number of rotatable bonds is 5. The molecule has 0 radical (unpaired) electrons. The van der Waals surface area contributed by atoms with Gasteiger partial charge in [0.25, 0.3) is 5.91 Å². The van der Waals surface area contributed by atoms with Crippen LogP contribution in [-0.2, 0) is 12.7 Å². The number of alkyl halides is 3. The summed E-state index contributed by atoms with van der Waals surface area (Å²) in [7, 11) is 1.30. The van der Waals surface area contributed by atoms with Gasteiger partial charge in [-0.2, -0.15) is 18.3 Å². The minimum absolute atomic E-state index is 0.0199. The predicted octanol–water partition coefficient (Wildman–Crippen LogP) is 4.26. The molecule has 0 aliphatic carbocycles. The lowest BCUT2D eigenvalue weighted by molar-refractivity contribution is -0.138. The molecular formula is C18H14ClF3N4O2. The maximum Gasteiger partial charge on any atom is 0.416 e. The Kier molecular flexibility index (Phi) is 5.55. The van der Waals surface area contributed by atoms with Gasteiger partial charge >= 0.3 is 6.18 Å². The number of aromatic nitrogens is 3. The van der Waals surface area contributed by atoms with E-state index in [2.05, 4.69) is 15.4 Å². The molecule has 0 unspecified atom stereocenters. The van der Waals surface area contributed by atoms with Crippen molar-refractivity contribution in [3.8, 4) is 5.75 Å². The highest BCUT2D eigenvalue weighted by Crippen LogP contribution is 2.34. The number of nitrogens with one attached hydrogen (secondary N) is 1. The first-order valence-corrected chi connectivity index (χ1v) is 8.34. The molecule has 1 N–H and O–H groups in total. The molecule has 1 amide bonds. The second-order valence-electron chi connectivity index (χ2n) is 5.73. The van der Waals surface area contributed by atoms with Gasteiger partial charge in [-0.1, -0.05) is 17.7 Å². The molecule has 0 aliphatic rings. The van der Waals surface area contributed by atoms with E-state index in [0.717, 1.165) is 6.07 Å². The second kappa shape index (κ2) is 7.89. The molecule has 28 heavy (non-hydrogen) atoms. The fraction of sp³-hybridized carbons (Fsp3) is 0.167. The molecule has 1 aromatic carbocycles. The Morgan fingerprint density at radius 2 is 2.07 bits per heavy atom. The molecule has 0 fully saturated rings. The Bertz CT molecular complexity index is 1000. The molecule has 0 bridgehead atoms. The highest BCUT2D eigenvalue weighted by Gasteiger charge is 2.33. The van der Waals surface area contributed by atoms with E-state index in [0.29, 0.717) is 0 Å². The number of amides is 1. The SMILES string of the molecule is COc1ccc(Cn2ccc(NC(=O)c3ccncc3Cl)n2)c(C(F)(F)F)c1. The standard InChI is InChI=1S/C18H14ClF3N4O2/c1-28-12-3-2-11(14(8-12)18(20,21)22)10-26-7-5-16(25-26)24-17(27)13-4-6-23-9-15(13)19/h2-9H,10H2,1H3,(H,24,25,27). The number of hydrogen-bond donors (Lipinski definition) is 1. The van der Waals surface area contributed by atoms with Crippen LogP contribution < -0.4 is 10.1 Å². The first-order valence-electron chi connectivity index (χ1n) is 7.96. The van der Waals surface area contributed by atoms with Gasteiger partial charge in [-0.3, -0.25) is 14.5 Å².